The SMILES string of the molecule is C=C(C)C(=O)NCCC[N+](C)(C)Cc1ccccc1. The van der Waals surface area contributed by atoms with Crippen molar-refractivity contribution in [3.05, 3.63) is 48.0 Å². The van der Waals surface area contributed by atoms with Crippen LogP contribution < -0.4 is 5.32 Å². The summed E-state index contributed by atoms with van der Waals surface area (Å²) in [5.41, 5.74) is 1.91. The molecular weight excluding hydrogens is 236 g/mol. The third-order valence-electron chi connectivity index (χ3n) is 3.07. The Morgan fingerprint density at radius 1 is 1.26 bits per heavy atom. The summed E-state index contributed by atoms with van der Waals surface area (Å²) in [5.74, 6) is -0.0478. The minimum Gasteiger partial charge on any atom is -0.352 e. The predicted octanol–water partition coefficient (Wildman–Crippen LogP) is 2.35. The molecule has 1 aromatic rings. The van der Waals surface area contributed by atoms with Gasteiger partial charge in [-0.05, 0) is 6.92 Å². The first kappa shape index (κ1) is 15.4. The molecule has 0 aliphatic carbocycles. The molecule has 0 saturated carbocycles. The third-order valence-corrected chi connectivity index (χ3v) is 3.07. The number of nitrogens with one attached hydrogen (secondary N) is 1. The van der Waals surface area contributed by atoms with Gasteiger partial charge in [0.15, 0.2) is 0 Å². The Labute approximate surface area is 116 Å². The van der Waals surface area contributed by atoms with Crippen LogP contribution in [0, 0.1) is 0 Å². The zero-order valence-electron chi connectivity index (χ0n) is 12.3. The van der Waals surface area contributed by atoms with Crippen LogP contribution in [0.3, 0.4) is 0 Å². The number of quaternary nitrogens is 1. The molecule has 0 spiro atoms. The molecule has 0 saturated heterocycles. The molecule has 104 valence electrons. The Bertz CT molecular complexity index is 424. The molecule has 0 heterocycles. The molecule has 0 aliphatic heterocycles. The van der Waals surface area contributed by atoms with Gasteiger partial charge in [-0.3, -0.25) is 4.79 Å². The van der Waals surface area contributed by atoms with E-state index >= 15 is 0 Å². The van der Waals surface area contributed by atoms with E-state index in [0.717, 1.165) is 24.0 Å². The fourth-order valence-corrected chi connectivity index (χ4v) is 2.02. The number of carbonyl (C=O) groups excluding carboxylic acids is 1. The lowest BCUT2D eigenvalue weighted by molar-refractivity contribution is -0.903. The first-order valence-electron chi connectivity index (χ1n) is 6.70. The lowest BCUT2D eigenvalue weighted by atomic mass is 10.2. The average molecular weight is 261 g/mol. The van der Waals surface area contributed by atoms with Gasteiger partial charge in [-0.15, -0.1) is 0 Å². The Morgan fingerprint density at radius 2 is 1.89 bits per heavy atom. The van der Waals surface area contributed by atoms with Crippen molar-refractivity contribution in [2.45, 2.75) is 19.9 Å². The number of nitrogens with zero attached hydrogens (tertiary/aromatic N) is 1. The molecule has 3 nitrogen and oxygen atoms in total. The van der Waals surface area contributed by atoms with Crippen molar-refractivity contribution in [3.63, 3.8) is 0 Å². The van der Waals surface area contributed by atoms with Crippen LogP contribution in [0.1, 0.15) is 18.9 Å². The summed E-state index contributed by atoms with van der Waals surface area (Å²) >= 11 is 0. The van der Waals surface area contributed by atoms with Gasteiger partial charge in [-0.25, -0.2) is 0 Å². The van der Waals surface area contributed by atoms with Crippen LogP contribution in [-0.2, 0) is 11.3 Å². The maximum atomic E-state index is 11.3. The highest BCUT2D eigenvalue weighted by Crippen LogP contribution is 2.09. The summed E-state index contributed by atoms with van der Waals surface area (Å²) < 4.78 is 0.924. The van der Waals surface area contributed by atoms with Gasteiger partial charge in [0, 0.05) is 24.1 Å². The topological polar surface area (TPSA) is 29.1 Å². The monoisotopic (exact) mass is 261 g/mol. The van der Waals surface area contributed by atoms with Crippen molar-refractivity contribution < 1.29 is 9.28 Å². The smallest absolute Gasteiger partial charge is 0.246 e. The van der Waals surface area contributed by atoms with E-state index in [2.05, 4.69) is 50.3 Å². The summed E-state index contributed by atoms with van der Waals surface area (Å²) in [6.07, 6.45) is 0.971. The molecule has 0 aliphatic rings. The van der Waals surface area contributed by atoms with Crippen molar-refractivity contribution in [1.82, 2.24) is 5.32 Å². The maximum absolute atomic E-state index is 11.3. The number of carbonyl (C=O) groups is 1. The molecule has 0 aromatic heterocycles. The summed E-state index contributed by atoms with van der Waals surface area (Å²) in [6, 6.07) is 10.5. The molecule has 1 rings (SSSR count). The Hall–Kier alpha value is -1.61. The molecule has 1 amide bonds. The highest BCUT2D eigenvalue weighted by molar-refractivity contribution is 5.91. The van der Waals surface area contributed by atoms with E-state index in [1.165, 1.54) is 5.56 Å². The average Bonchev–Trinajstić information content (AvgIpc) is 2.35. The van der Waals surface area contributed by atoms with Gasteiger partial charge in [-0.1, -0.05) is 36.9 Å². The van der Waals surface area contributed by atoms with E-state index in [9.17, 15) is 4.79 Å². The number of benzene rings is 1. The van der Waals surface area contributed by atoms with Gasteiger partial charge in [0.1, 0.15) is 6.54 Å². The summed E-state index contributed by atoms with van der Waals surface area (Å²) in [7, 11) is 4.43. The van der Waals surface area contributed by atoms with E-state index in [1.54, 1.807) is 6.92 Å². The molecule has 1 aromatic carbocycles. The summed E-state index contributed by atoms with van der Waals surface area (Å²) in [4.78, 5) is 11.3. The molecule has 0 unspecified atom stereocenters. The predicted molar refractivity (Wildman–Crippen MR) is 79.6 cm³/mol. The quantitative estimate of drug-likeness (QED) is 0.455. The molecular formula is C16H25N2O+. The summed E-state index contributed by atoms with van der Waals surface area (Å²) in [5, 5.41) is 2.87. The Kier molecular flexibility index (Phi) is 5.77. The molecule has 0 bridgehead atoms. The Morgan fingerprint density at radius 3 is 2.47 bits per heavy atom. The maximum Gasteiger partial charge on any atom is 0.246 e. The van der Waals surface area contributed by atoms with Crippen molar-refractivity contribution >= 4 is 5.91 Å². The minimum absolute atomic E-state index is 0.0478. The van der Waals surface area contributed by atoms with Gasteiger partial charge in [0.25, 0.3) is 0 Å². The molecule has 0 fully saturated rings. The minimum atomic E-state index is -0.0478. The lowest BCUT2D eigenvalue weighted by Crippen LogP contribution is -2.41. The van der Waals surface area contributed by atoms with Crippen LogP contribution in [0.4, 0.5) is 0 Å². The van der Waals surface area contributed by atoms with Gasteiger partial charge in [0.05, 0.1) is 20.6 Å². The molecule has 1 N–H and O–H groups in total. The van der Waals surface area contributed by atoms with Gasteiger partial charge < -0.3 is 9.80 Å². The highest BCUT2D eigenvalue weighted by Gasteiger charge is 2.15. The van der Waals surface area contributed by atoms with E-state index < -0.39 is 0 Å². The van der Waals surface area contributed by atoms with Crippen molar-refractivity contribution in [1.29, 1.82) is 0 Å². The zero-order chi connectivity index (χ0) is 14.3. The Balaban J connectivity index is 2.31. The van der Waals surface area contributed by atoms with E-state index in [0.29, 0.717) is 12.1 Å². The van der Waals surface area contributed by atoms with Crippen LogP contribution in [0.25, 0.3) is 0 Å². The van der Waals surface area contributed by atoms with Crippen molar-refractivity contribution in [3.8, 4) is 0 Å². The second-order valence-electron chi connectivity index (χ2n) is 5.69. The zero-order valence-corrected chi connectivity index (χ0v) is 12.3. The lowest BCUT2D eigenvalue weighted by Gasteiger charge is -2.30. The van der Waals surface area contributed by atoms with Crippen molar-refractivity contribution in [2.24, 2.45) is 0 Å². The normalized spacial score (nSPS) is 11.1. The largest absolute Gasteiger partial charge is 0.352 e. The van der Waals surface area contributed by atoms with Crippen LogP contribution in [0.5, 0.6) is 0 Å². The van der Waals surface area contributed by atoms with Gasteiger partial charge >= 0.3 is 0 Å². The summed E-state index contributed by atoms with van der Waals surface area (Å²) in [6.45, 7) is 8.10. The number of hydrogen-bond donors (Lipinski definition) is 1. The molecule has 19 heavy (non-hydrogen) atoms. The van der Waals surface area contributed by atoms with E-state index in [1.807, 2.05) is 6.07 Å². The van der Waals surface area contributed by atoms with E-state index in [4.69, 9.17) is 0 Å². The second-order valence-corrected chi connectivity index (χ2v) is 5.69. The van der Waals surface area contributed by atoms with Crippen LogP contribution in [0.15, 0.2) is 42.5 Å². The molecule has 0 radical (unpaired) electrons. The number of amides is 1. The number of rotatable bonds is 7. The first-order valence-corrected chi connectivity index (χ1v) is 6.70. The fourth-order valence-electron chi connectivity index (χ4n) is 2.02. The van der Waals surface area contributed by atoms with Gasteiger partial charge in [0.2, 0.25) is 5.91 Å². The first-order chi connectivity index (χ1) is 8.91. The van der Waals surface area contributed by atoms with Crippen LogP contribution in [0.2, 0.25) is 0 Å². The van der Waals surface area contributed by atoms with E-state index in [-0.39, 0.29) is 5.91 Å². The standard InChI is InChI=1S/C16H24N2O/c1-14(2)16(19)17-11-8-12-18(3,4)13-15-9-6-5-7-10-15/h5-7,9-10H,1,8,11-13H2,2-4H3/p+1. The number of hydrogen-bond acceptors (Lipinski definition) is 1. The third kappa shape index (κ3) is 6.20. The van der Waals surface area contributed by atoms with Crippen LogP contribution >= 0.6 is 0 Å². The highest BCUT2D eigenvalue weighted by atomic mass is 16.1. The van der Waals surface area contributed by atoms with Crippen molar-refractivity contribution in [2.75, 3.05) is 27.2 Å². The molecule has 3 heteroatoms. The fraction of sp³-hybridized carbons (Fsp3) is 0.438. The van der Waals surface area contributed by atoms with Gasteiger partial charge in [-0.2, -0.15) is 0 Å². The van der Waals surface area contributed by atoms with Crippen LogP contribution in [-0.4, -0.2) is 37.6 Å². The molecule has 0 atom stereocenters. The second kappa shape index (κ2) is 7.10.